The molecule has 21 heavy (non-hydrogen) atoms. The van der Waals surface area contributed by atoms with Crippen LogP contribution in [0.2, 0.25) is 0 Å². The highest BCUT2D eigenvalue weighted by Crippen LogP contribution is 2.23. The minimum absolute atomic E-state index is 0.215. The molecule has 0 heterocycles. The SMILES string of the molecule is Cc1cc(C(=O)NSc2ccccc2S(N)=O)ccc1Br. The smallest absolute Gasteiger partial charge is 0.261 e. The number of carbonyl (C=O) groups is 1. The van der Waals surface area contributed by atoms with Gasteiger partial charge in [-0.15, -0.1) is 0 Å². The summed E-state index contributed by atoms with van der Waals surface area (Å²) >= 11 is 4.50. The number of carbonyl (C=O) groups excluding carboxylic acids is 1. The van der Waals surface area contributed by atoms with Gasteiger partial charge in [-0.1, -0.05) is 28.1 Å². The fourth-order valence-corrected chi connectivity index (χ4v) is 3.38. The van der Waals surface area contributed by atoms with Crippen LogP contribution in [-0.2, 0) is 11.0 Å². The number of nitrogens with one attached hydrogen (secondary N) is 1. The third-order valence-corrected chi connectivity index (χ3v) is 5.41. The van der Waals surface area contributed by atoms with Gasteiger partial charge in [-0.3, -0.25) is 9.52 Å². The molecule has 1 unspecified atom stereocenters. The molecule has 3 N–H and O–H groups in total. The second kappa shape index (κ2) is 7.22. The van der Waals surface area contributed by atoms with E-state index in [4.69, 9.17) is 5.14 Å². The van der Waals surface area contributed by atoms with Gasteiger partial charge in [-0.2, -0.15) is 0 Å². The highest BCUT2D eigenvalue weighted by atomic mass is 79.9. The summed E-state index contributed by atoms with van der Waals surface area (Å²) in [5, 5.41) is 5.41. The quantitative estimate of drug-likeness (QED) is 0.795. The van der Waals surface area contributed by atoms with E-state index in [9.17, 15) is 9.00 Å². The molecule has 110 valence electrons. The zero-order chi connectivity index (χ0) is 15.4. The van der Waals surface area contributed by atoms with Crippen LogP contribution in [0.5, 0.6) is 0 Å². The Morgan fingerprint density at radius 2 is 2.00 bits per heavy atom. The number of halogens is 1. The van der Waals surface area contributed by atoms with Crippen molar-refractivity contribution < 1.29 is 9.00 Å². The van der Waals surface area contributed by atoms with E-state index in [2.05, 4.69) is 20.7 Å². The Kier molecular flexibility index (Phi) is 5.58. The summed E-state index contributed by atoms with van der Waals surface area (Å²) in [6.45, 7) is 1.92. The number of benzene rings is 2. The molecule has 2 aromatic rings. The molecule has 0 aliphatic rings. The van der Waals surface area contributed by atoms with Crippen LogP contribution >= 0.6 is 27.9 Å². The van der Waals surface area contributed by atoms with Gasteiger partial charge in [0.2, 0.25) is 0 Å². The highest BCUT2D eigenvalue weighted by molar-refractivity contribution is 9.10. The average molecular weight is 385 g/mol. The van der Waals surface area contributed by atoms with Crippen molar-refractivity contribution in [3.05, 3.63) is 58.1 Å². The number of nitrogens with two attached hydrogens (primary N) is 1. The van der Waals surface area contributed by atoms with Gasteiger partial charge in [-0.25, -0.2) is 9.35 Å². The molecule has 0 saturated carbocycles. The summed E-state index contributed by atoms with van der Waals surface area (Å²) < 4.78 is 15.1. The Balaban J connectivity index is 2.11. The van der Waals surface area contributed by atoms with E-state index >= 15 is 0 Å². The number of amides is 1. The van der Waals surface area contributed by atoms with Gasteiger partial charge >= 0.3 is 0 Å². The molecular weight excluding hydrogens is 372 g/mol. The largest absolute Gasteiger partial charge is 0.292 e. The molecule has 0 spiro atoms. The number of hydrogen-bond donors (Lipinski definition) is 2. The third-order valence-electron chi connectivity index (χ3n) is 2.74. The lowest BCUT2D eigenvalue weighted by Crippen LogP contribution is -2.16. The lowest BCUT2D eigenvalue weighted by Gasteiger charge is -2.08. The van der Waals surface area contributed by atoms with Crippen LogP contribution in [0.1, 0.15) is 15.9 Å². The normalized spacial score (nSPS) is 12.0. The maximum absolute atomic E-state index is 12.1. The van der Waals surface area contributed by atoms with Crippen molar-refractivity contribution in [1.82, 2.24) is 4.72 Å². The lowest BCUT2D eigenvalue weighted by molar-refractivity contribution is 0.0984. The predicted molar refractivity (Wildman–Crippen MR) is 89.2 cm³/mol. The predicted octanol–water partition coefficient (Wildman–Crippen LogP) is 3.18. The molecule has 0 bridgehead atoms. The monoisotopic (exact) mass is 384 g/mol. The zero-order valence-electron chi connectivity index (χ0n) is 11.1. The molecule has 2 aromatic carbocycles. The number of hydrogen-bond acceptors (Lipinski definition) is 3. The molecule has 7 heteroatoms. The van der Waals surface area contributed by atoms with Gasteiger partial charge in [0.1, 0.15) is 11.0 Å². The molecule has 0 aliphatic carbocycles. The van der Waals surface area contributed by atoms with Gasteiger partial charge in [0, 0.05) is 14.9 Å². The fraction of sp³-hybridized carbons (Fsp3) is 0.0714. The van der Waals surface area contributed by atoms with Crippen molar-refractivity contribution in [2.75, 3.05) is 0 Å². The van der Waals surface area contributed by atoms with Crippen LogP contribution in [0.4, 0.5) is 0 Å². The maximum Gasteiger partial charge on any atom is 0.261 e. The molecule has 0 radical (unpaired) electrons. The average Bonchev–Trinajstić information content (AvgIpc) is 2.47. The first-order valence-corrected chi connectivity index (χ1v) is 8.80. The summed E-state index contributed by atoms with van der Waals surface area (Å²) in [4.78, 5) is 13.3. The van der Waals surface area contributed by atoms with E-state index in [1.807, 2.05) is 13.0 Å². The van der Waals surface area contributed by atoms with Crippen LogP contribution in [0, 0.1) is 6.92 Å². The number of rotatable bonds is 4. The highest BCUT2D eigenvalue weighted by Gasteiger charge is 2.10. The molecule has 4 nitrogen and oxygen atoms in total. The van der Waals surface area contributed by atoms with E-state index in [-0.39, 0.29) is 5.91 Å². The van der Waals surface area contributed by atoms with Gasteiger partial charge in [-0.05, 0) is 54.8 Å². The molecule has 0 saturated heterocycles. The van der Waals surface area contributed by atoms with E-state index < -0.39 is 11.0 Å². The first kappa shape index (κ1) is 16.2. The summed E-state index contributed by atoms with van der Waals surface area (Å²) in [6, 6.07) is 12.4. The van der Waals surface area contributed by atoms with Crippen molar-refractivity contribution in [1.29, 1.82) is 0 Å². The molecule has 0 aliphatic heterocycles. The second-order valence-electron chi connectivity index (χ2n) is 4.24. The van der Waals surface area contributed by atoms with Crippen molar-refractivity contribution in [2.24, 2.45) is 5.14 Å². The van der Waals surface area contributed by atoms with E-state index in [1.54, 1.807) is 36.4 Å². The Morgan fingerprint density at radius 3 is 2.67 bits per heavy atom. The maximum atomic E-state index is 12.1. The van der Waals surface area contributed by atoms with Crippen molar-refractivity contribution in [3.63, 3.8) is 0 Å². The van der Waals surface area contributed by atoms with Crippen LogP contribution in [0.25, 0.3) is 0 Å². The summed E-state index contributed by atoms with van der Waals surface area (Å²) in [7, 11) is -1.58. The van der Waals surface area contributed by atoms with Gasteiger partial charge in [0.25, 0.3) is 5.91 Å². The van der Waals surface area contributed by atoms with E-state index in [1.165, 1.54) is 0 Å². The van der Waals surface area contributed by atoms with E-state index in [0.29, 0.717) is 15.4 Å². The van der Waals surface area contributed by atoms with Crippen molar-refractivity contribution >= 4 is 44.8 Å². The first-order chi connectivity index (χ1) is 9.99. The molecule has 1 amide bonds. The minimum atomic E-state index is -1.58. The Bertz CT molecular complexity index is 707. The summed E-state index contributed by atoms with van der Waals surface area (Å²) in [5.41, 5.74) is 1.55. The number of aryl methyl sites for hydroxylation is 1. The summed E-state index contributed by atoms with van der Waals surface area (Å²) in [5.74, 6) is -0.215. The zero-order valence-corrected chi connectivity index (χ0v) is 14.3. The van der Waals surface area contributed by atoms with Gasteiger partial charge in [0.15, 0.2) is 0 Å². The molecule has 0 fully saturated rings. The minimum Gasteiger partial charge on any atom is -0.292 e. The molecule has 1 atom stereocenters. The van der Waals surface area contributed by atoms with Gasteiger partial charge in [0.05, 0.1) is 4.90 Å². The molecule has 2 rings (SSSR count). The lowest BCUT2D eigenvalue weighted by atomic mass is 10.1. The van der Waals surface area contributed by atoms with Gasteiger partial charge < -0.3 is 0 Å². The topological polar surface area (TPSA) is 72.2 Å². The van der Waals surface area contributed by atoms with Crippen LogP contribution in [-0.4, -0.2) is 10.1 Å². The second-order valence-corrected chi connectivity index (χ2v) is 6.98. The van der Waals surface area contributed by atoms with Crippen molar-refractivity contribution in [2.45, 2.75) is 16.7 Å². The van der Waals surface area contributed by atoms with Crippen LogP contribution in [0.15, 0.2) is 56.7 Å². The third kappa shape index (κ3) is 4.16. The first-order valence-electron chi connectivity index (χ1n) is 5.97. The Hall–Kier alpha value is -1.15. The molecular formula is C14H13BrN2O2S2. The summed E-state index contributed by atoms with van der Waals surface area (Å²) in [6.07, 6.45) is 0. The standard InChI is InChI=1S/C14H13BrN2O2S2/c1-9-8-10(6-7-11(9)15)14(18)17-20-12-4-2-3-5-13(12)21(16)19/h2-8H,16H2,1H3,(H,17,18). The Morgan fingerprint density at radius 1 is 1.29 bits per heavy atom. The van der Waals surface area contributed by atoms with Crippen molar-refractivity contribution in [3.8, 4) is 0 Å². The van der Waals surface area contributed by atoms with Crippen LogP contribution in [0.3, 0.4) is 0 Å². The van der Waals surface area contributed by atoms with Crippen LogP contribution < -0.4 is 9.86 Å². The Labute approximate surface area is 138 Å². The molecule has 0 aromatic heterocycles. The fourth-order valence-electron chi connectivity index (χ4n) is 1.65. The van der Waals surface area contributed by atoms with E-state index in [0.717, 1.165) is 22.0 Å².